The Balaban J connectivity index is 1.84. The topological polar surface area (TPSA) is 119 Å². The molecule has 0 radical (unpaired) electrons. The van der Waals surface area contributed by atoms with Gasteiger partial charge in [-0.1, -0.05) is 42.1 Å². The van der Waals surface area contributed by atoms with Crippen LogP contribution in [0.5, 0.6) is 0 Å². The Morgan fingerprint density at radius 2 is 1.83 bits per heavy atom. The molecule has 2 aliphatic rings. The number of hydrogen-bond donors (Lipinski definition) is 2. The molecule has 1 saturated heterocycles. The fourth-order valence-electron chi connectivity index (χ4n) is 3.79. The molecule has 3 N–H and O–H groups in total. The Kier molecular flexibility index (Phi) is 5.89. The van der Waals surface area contributed by atoms with Crippen molar-refractivity contribution in [2.24, 2.45) is 5.73 Å². The van der Waals surface area contributed by atoms with Gasteiger partial charge in [0.1, 0.15) is 28.2 Å². The van der Waals surface area contributed by atoms with Crippen molar-refractivity contribution in [3.63, 3.8) is 0 Å². The van der Waals surface area contributed by atoms with Gasteiger partial charge in [0.25, 0.3) is 0 Å². The number of aromatic nitrogens is 1. The maximum atomic E-state index is 12.3. The summed E-state index contributed by atoms with van der Waals surface area (Å²) in [4.78, 5) is 19.1. The summed E-state index contributed by atoms with van der Waals surface area (Å²) in [5.74, 6) is 0.318. The van der Waals surface area contributed by atoms with Gasteiger partial charge in [-0.25, -0.2) is 4.98 Å². The first-order valence-electron chi connectivity index (χ1n) is 9.98. The van der Waals surface area contributed by atoms with Gasteiger partial charge in [-0.15, -0.1) is 0 Å². The Morgan fingerprint density at radius 1 is 1.17 bits per heavy atom. The number of pyridine rings is 1. The number of piperazine rings is 1. The van der Waals surface area contributed by atoms with Crippen LogP contribution in [0.25, 0.3) is 0 Å². The summed E-state index contributed by atoms with van der Waals surface area (Å²) in [5, 5.41) is 23.0. The monoisotopic (exact) mass is 418 g/mol. The van der Waals surface area contributed by atoms with Crippen LogP contribution in [0, 0.1) is 22.7 Å². The first-order valence-corrected chi connectivity index (χ1v) is 10.9. The number of nitrogens with zero attached hydrogens (tertiary/aromatic N) is 4. The number of hydrogen-bond acceptors (Lipinski definition) is 7. The Hall–Kier alpha value is -3.07. The predicted octanol–water partition coefficient (Wildman–Crippen LogP) is 2.43. The van der Waals surface area contributed by atoms with Gasteiger partial charge in [0.15, 0.2) is 0 Å². The van der Waals surface area contributed by atoms with Gasteiger partial charge in [0.2, 0.25) is 5.91 Å². The third-order valence-corrected chi connectivity index (χ3v) is 6.66. The van der Waals surface area contributed by atoms with Crippen LogP contribution < -0.4 is 16.0 Å². The molecule has 1 saturated carbocycles. The van der Waals surface area contributed by atoms with Gasteiger partial charge in [-0.2, -0.15) is 10.5 Å². The number of thioether (sulfide) groups is 1. The van der Waals surface area contributed by atoms with Gasteiger partial charge >= 0.3 is 0 Å². The van der Waals surface area contributed by atoms with E-state index in [0.717, 1.165) is 50.1 Å². The van der Waals surface area contributed by atoms with Crippen LogP contribution in [-0.2, 0) is 4.79 Å². The van der Waals surface area contributed by atoms with E-state index in [1.807, 2.05) is 30.3 Å². The highest BCUT2D eigenvalue weighted by Gasteiger charge is 2.35. The number of rotatable bonds is 6. The average Bonchev–Trinajstić information content (AvgIpc) is 3.62. The van der Waals surface area contributed by atoms with E-state index < -0.39 is 11.2 Å². The van der Waals surface area contributed by atoms with E-state index in [4.69, 9.17) is 10.7 Å². The molecule has 30 heavy (non-hydrogen) atoms. The lowest BCUT2D eigenvalue weighted by atomic mass is 9.99. The first kappa shape index (κ1) is 20.2. The number of benzene rings is 1. The lowest BCUT2D eigenvalue weighted by Crippen LogP contribution is -2.44. The largest absolute Gasteiger partial charge is 0.368 e. The zero-order valence-electron chi connectivity index (χ0n) is 16.5. The van der Waals surface area contributed by atoms with E-state index in [1.165, 1.54) is 11.8 Å². The van der Waals surface area contributed by atoms with Crippen LogP contribution in [0.2, 0.25) is 0 Å². The van der Waals surface area contributed by atoms with Gasteiger partial charge in [-0.3, -0.25) is 4.79 Å². The minimum atomic E-state index is -0.665. The molecule has 1 aromatic carbocycles. The minimum absolute atomic E-state index is 0.196. The lowest BCUT2D eigenvalue weighted by Gasteiger charge is -2.30. The third-order valence-electron chi connectivity index (χ3n) is 5.40. The lowest BCUT2D eigenvalue weighted by molar-refractivity contribution is -0.117. The first-order chi connectivity index (χ1) is 14.6. The fraction of sp³-hybridized carbons (Fsp3) is 0.364. The summed E-state index contributed by atoms with van der Waals surface area (Å²) in [5.41, 5.74) is 8.16. The van der Waals surface area contributed by atoms with Crippen molar-refractivity contribution in [1.82, 2.24) is 10.3 Å². The molecule has 152 valence electrons. The quantitative estimate of drug-likeness (QED) is 0.692. The molecule has 1 amide bonds. The molecule has 1 unspecified atom stereocenters. The van der Waals surface area contributed by atoms with Crippen LogP contribution in [0.15, 0.2) is 35.4 Å². The highest BCUT2D eigenvalue weighted by atomic mass is 32.2. The maximum absolute atomic E-state index is 12.3. The summed E-state index contributed by atoms with van der Waals surface area (Å²) in [7, 11) is 0. The second kappa shape index (κ2) is 8.74. The minimum Gasteiger partial charge on any atom is -0.368 e. The number of carbonyl (C=O) groups is 1. The van der Waals surface area contributed by atoms with Gasteiger partial charge in [0.05, 0.1) is 11.1 Å². The SMILES string of the molecule is N#Cc1c(SC(C(N)=O)c2ccccc2)nc(N2CCNCC2)c(C#N)c1C1CC1. The summed E-state index contributed by atoms with van der Waals surface area (Å²) in [6.07, 6.45) is 1.91. The molecule has 1 atom stereocenters. The molecule has 8 heteroatoms. The molecule has 2 heterocycles. The number of primary amides is 1. The molecule has 0 bridgehead atoms. The average molecular weight is 419 g/mol. The normalized spacial score (nSPS) is 17.1. The summed E-state index contributed by atoms with van der Waals surface area (Å²) in [6.45, 7) is 3.09. The number of nitrogens with one attached hydrogen (secondary N) is 1. The van der Waals surface area contributed by atoms with Crippen LogP contribution in [0.4, 0.5) is 5.82 Å². The van der Waals surface area contributed by atoms with Crippen molar-refractivity contribution in [3.8, 4) is 12.1 Å². The zero-order valence-corrected chi connectivity index (χ0v) is 17.3. The Bertz CT molecular complexity index is 1030. The highest BCUT2D eigenvalue weighted by molar-refractivity contribution is 8.00. The van der Waals surface area contributed by atoms with E-state index in [1.54, 1.807) is 0 Å². The molecule has 1 aliphatic carbocycles. The molecular weight excluding hydrogens is 396 g/mol. The number of anilines is 1. The van der Waals surface area contributed by atoms with E-state index in [2.05, 4.69) is 22.4 Å². The standard InChI is InChI=1S/C22H22N6OS/c23-12-16-18(14-6-7-14)17(13-24)22(27-21(16)28-10-8-26-9-11-28)30-19(20(25)29)15-4-2-1-3-5-15/h1-5,14,19,26H,6-11H2,(H2,25,29). The van der Waals surface area contributed by atoms with Crippen molar-refractivity contribution in [1.29, 1.82) is 10.5 Å². The van der Waals surface area contributed by atoms with Crippen molar-refractivity contribution in [3.05, 3.63) is 52.6 Å². The smallest absolute Gasteiger partial charge is 0.235 e. The van der Waals surface area contributed by atoms with Crippen LogP contribution in [0.1, 0.15) is 46.3 Å². The van der Waals surface area contributed by atoms with Gasteiger partial charge in [0, 0.05) is 26.2 Å². The van der Waals surface area contributed by atoms with E-state index in [9.17, 15) is 15.3 Å². The van der Waals surface area contributed by atoms with E-state index in [-0.39, 0.29) is 5.92 Å². The van der Waals surface area contributed by atoms with Gasteiger partial charge in [-0.05, 0) is 29.9 Å². The number of carbonyl (C=O) groups excluding carboxylic acids is 1. The van der Waals surface area contributed by atoms with E-state index in [0.29, 0.717) is 22.0 Å². The summed E-state index contributed by atoms with van der Waals surface area (Å²) >= 11 is 1.20. The highest BCUT2D eigenvalue weighted by Crippen LogP contribution is 2.48. The van der Waals surface area contributed by atoms with Crippen LogP contribution in [0.3, 0.4) is 0 Å². The van der Waals surface area contributed by atoms with Crippen molar-refractivity contribution in [2.45, 2.75) is 29.0 Å². The van der Waals surface area contributed by atoms with Gasteiger partial charge < -0.3 is 16.0 Å². The van der Waals surface area contributed by atoms with Crippen molar-refractivity contribution >= 4 is 23.5 Å². The molecule has 0 spiro atoms. The van der Waals surface area contributed by atoms with Crippen LogP contribution >= 0.6 is 11.8 Å². The molecule has 1 aromatic heterocycles. The third kappa shape index (κ3) is 3.97. The summed E-state index contributed by atoms with van der Waals surface area (Å²) < 4.78 is 0. The van der Waals surface area contributed by atoms with Crippen molar-refractivity contribution < 1.29 is 4.79 Å². The van der Waals surface area contributed by atoms with E-state index >= 15 is 0 Å². The molecule has 4 rings (SSSR count). The zero-order chi connectivity index (χ0) is 21.1. The number of nitrogens with two attached hydrogens (primary N) is 1. The fourth-order valence-corrected chi connectivity index (χ4v) is 4.83. The molecule has 1 aliphatic heterocycles. The molecular formula is C22H22N6OS. The molecule has 2 fully saturated rings. The predicted molar refractivity (Wildman–Crippen MR) is 115 cm³/mol. The Morgan fingerprint density at radius 3 is 2.40 bits per heavy atom. The Labute approximate surface area is 179 Å². The summed E-state index contributed by atoms with van der Waals surface area (Å²) in [6, 6.07) is 13.9. The maximum Gasteiger partial charge on any atom is 0.235 e. The number of nitriles is 2. The molecule has 2 aromatic rings. The number of amides is 1. The second-order valence-corrected chi connectivity index (χ2v) is 8.54. The van der Waals surface area contributed by atoms with Crippen molar-refractivity contribution in [2.75, 3.05) is 31.1 Å². The second-order valence-electron chi connectivity index (χ2n) is 7.45. The molecule has 7 nitrogen and oxygen atoms in total. The van der Waals surface area contributed by atoms with Crippen LogP contribution in [-0.4, -0.2) is 37.1 Å².